The first kappa shape index (κ1) is 15.5. The van der Waals surface area contributed by atoms with Crippen LogP contribution in [0, 0.1) is 5.41 Å². The molecule has 1 aliphatic carbocycles. The van der Waals surface area contributed by atoms with Gasteiger partial charge < -0.3 is 15.1 Å². The van der Waals surface area contributed by atoms with E-state index in [1.54, 1.807) is 11.9 Å². The molecule has 0 saturated heterocycles. The normalized spacial score (nSPS) is 15.6. The van der Waals surface area contributed by atoms with Crippen LogP contribution in [0.4, 0.5) is 5.69 Å². The Bertz CT molecular complexity index is 510. The van der Waals surface area contributed by atoms with Crippen LogP contribution in [0.3, 0.4) is 0 Å². The average Bonchev–Trinajstić information content (AvgIpc) is 3.28. The standard InChI is InChI=1S/C16H23N3O2/c1-18(2)12-11-17-14(20)16(9-10-16)15(21)19(3)13-7-5-4-6-8-13/h4-8H,9-12H2,1-3H3,(H,17,20). The van der Waals surface area contributed by atoms with E-state index in [0.29, 0.717) is 19.4 Å². The average molecular weight is 289 g/mol. The lowest BCUT2D eigenvalue weighted by atomic mass is 10.0. The van der Waals surface area contributed by atoms with Gasteiger partial charge in [-0.05, 0) is 39.1 Å². The van der Waals surface area contributed by atoms with E-state index >= 15 is 0 Å². The predicted octanol–water partition coefficient (Wildman–Crippen LogP) is 1.11. The molecule has 1 aromatic carbocycles. The minimum absolute atomic E-state index is 0.115. The molecule has 0 spiro atoms. The number of carbonyl (C=O) groups is 2. The smallest absolute Gasteiger partial charge is 0.242 e. The molecule has 0 bridgehead atoms. The van der Waals surface area contributed by atoms with Gasteiger partial charge in [0.25, 0.3) is 0 Å². The van der Waals surface area contributed by atoms with E-state index in [4.69, 9.17) is 0 Å². The third kappa shape index (κ3) is 3.42. The van der Waals surface area contributed by atoms with Crippen molar-refractivity contribution in [3.63, 3.8) is 0 Å². The Morgan fingerprint density at radius 3 is 2.29 bits per heavy atom. The van der Waals surface area contributed by atoms with Gasteiger partial charge in [0, 0.05) is 25.8 Å². The molecule has 114 valence electrons. The van der Waals surface area contributed by atoms with Crippen LogP contribution >= 0.6 is 0 Å². The second-order valence-electron chi connectivity index (χ2n) is 5.84. The van der Waals surface area contributed by atoms with Crippen molar-refractivity contribution in [2.24, 2.45) is 5.41 Å². The highest BCUT2D eigenvalue weighted by Crippen LogP contribution is 2.47. The number of hydrogen-bond donors (Lipinski definition) is 1. The summed E-state index contributed by atoms with van der Waals surface area (Å²) < 4.78 is 0. The molecule has 5 nitrogen and oxygen atoms in total. The van der Waals surface area contributed by atoms with Gasteiger partial charge in [-0.2, -0.15) is 0 Å². The fourth-order valence-corrected chi connectivity index (χ4v) is 2.32. The number of benzene rings is 1. The van der Waals surface area contributed by atoms with Gasteiger partial charge in [-0.15, -0.1) is 0 Å². The van der Waals surface area contributed by atoms with Gasteiger partial charge in [-0.1, -0.05) is 18.2 Å². The number of hydrogen-bond acceptors (Lipinski definition) is 3. The van der Waals surface area contributed by atoms with Crippen LogP contribution in [-0.2, 0) is 9.59 Å². The van der Waals surface area contributed by atoms with E-state index < -0.39 is 5.41 Å². The van der Waals surface area contributed by atoms with Crippen LogP contribution in [-0.4, -0.2) is 50.9 Å². The van der Waals surface area contributed by atoms with Crippen molar-refractivity contribution in [3.05, 3.63) is 30.3 Å². The first-order chi connectivity index (χ1) is 9.97. The third-order valence-electron chi connectivity index (χ3n) is 3.89. The molecule has 1 fully saturated rings. The molecule has 2 rings (SSSR count). The largest absolute Gasteiger partial charge is 0.354 e. The molecule has 0 radical (unpaired) electrons. The lowest BCUT2D eigenvalue weighted by Gasteiger charge is -2.23. The Morgan fingerprint density at radius 1 is 1.14 bits per heavy atom. The van der Waals surface area contributed by atoms with E-state index in [0.717, 1.165) is 12.2 Å². The summed E-state index contributed by atoms with van der Waals surface area (Å²) in [6.45, 7) is 1.33. The molecule has 0 aromatic heterocycles. The summed E-state index contributed by atoms with van der Waals surface area (Å²) >= 11 is 0. The number of anilines is 1. The number of amides is 2. The van der Waals surface area contributed by atoms with Crippen molar-refractivity contribution in [2.45, 2.75) is 12.8 Å². The van der Waals surface area contributed by atoms with Gasteiger partial charge in [0.1, 0.15) is 5.41 Å². The molecule has 0 heterocycles. The summed E-state index contributed by atoms with van der Waals surface area (Å²) in [7, 11) is 5.63. The fourth-order valence-electron chi connectivity index (χ4n) is 2.32. The number of carbonyl (C=O) groups excluding carboxylic acids is 2. The first-order valence-electron chi connectivity index (χ1n) is 7.23. The Hall–Kier alpha value is -1.88. The molecule has 0 aliphatic heterocycles. The molecule has 21 heavy (non-hydrogen) atoms. The Balaban J connectivity index is 1.99. The van der Waals surface area contributed by atoms with Gasteiger partial charge in [0.15, 0.2) is 0 Å². The van der Waals surface area contributed by atoms with Gasteiger partial charge in [-0.25, -0.2) is 0 Å². The molecule has 1 saturated carbocycles. The summed E-state index contributed by atoms with van der Waals surface area (Å²) in [4.78, 5) is 28.5. The lowest BCUT2D eigenvalue weighted by Crippen LogP contribution is -2.45. The highest BCUT2D eigenvalue weighted by molar-refractivity contribution is 6.13. The lowest BCUT2D eigenvalue weighted by molar-refractivity contribution is -0.135. The number of nitrogens with one attached hydrogen (secondary N) is 1. The number of nitrogens with zero attached hydrogens (tertiary/aromatic N) is 2. The molecule has 5 heteroatoms. The summed E-state index contributed by atoms with van der Waals surface area (Å²) in [6, 6.07) is 9.42. The van der Waals surface area contributed by atoms with Crippen molar-refractivity contribution < 1.29 is 9.59 Å². The van der Waals surface area contributed by atoms with E-state index in [1.807, 2.05) is 49.3 Å². The van der Waals surface area contributed by atoms with E-state index in [-0.39, 0.29) is 11.8 Å². The van der Waals surface area contributed by atoms with Crippen LogP contribution in [0.25, 0.3) is 0 Å². The maximum absolute atomic E-state index is 12.6. The maximum Gasteiger partial charge on any atom is 0.242 e. The summed E-state index contributed by atoms with van der Waals surface area (Å²) in [5, 5.41) is 2.88. The molecule has 0 unspecified atom stereocenters. The van der Waals surface area contributed by atoms with Crippen molar-refractivity contribution >= 4 is 17.5 Å². The van der Waals surface area contributed by atoms with Crippen LogP contribution in [0.15, 0.2) is 30.3 Å². The summed E-state index contributed by atoms with van der Waals surface area (Å²) in [5.41, 5.74) is -0.0356. The van der Waals surface area contributed by atoms with E-state index in [1.165, 1.54) is 0 Å². The second kappa shape index (κ2) is 6.26. The highest BCUT2D eigenvalue weighted by Gasteiger charge is 2.57. The fraction of sp³-hybridized carbons (Fsp3) is 0.500. The van der Waals surface area contributed by atoms with Gasteiger partial charge >= 0.3 is 0 Å². The molecular weight excluding hydrogens is 266 g/mol. The summed E-state index contributed by atoms with van der Waals surface area (Å²) in [6.07, 6.45) is 1.27. The highest BCUT2D eigenvalue weighted by atomic mass is 16.2. The first-order valence-corrected chi connectivity index (χ1v) is 7.23. The van der Waals surface area contributed by atoms with Gasteiger partial charge in [0.05, 0.1) is 0 Å². The third-order valence-corrected chi connectivity index (χ3v) is 3.89. The molecular formula is C16H23N3O2. The second-order valence-corrected chi connectivity index (χ2v) is 5.84. The Morgan fingerprint density at radius 2 is 1.76 bits per heavy atom. The number of likely N-dealkylation sites (N-methyl/N-ethyl adjacent to an activating group) is 1. The Kier molecular flexibility index (Phi) is 4.63. The Labute approximate surface area is 125 Å². The molecule has 0 atom stereocenters. The van der Waals surface area contributed by atoms with Gasteiger partial charge in [0.2, 0.25) is 11.8 Å². The van der Waals surface area contributed by atoms with E-state index in [9.17, 15) is 9.59 Å². The van der Waals surface area contributed by atoms with Crippen molar-refractivity contribution in [2.75, 3.05) is 39.1 Å². The zero-order valence-electron chi connectivity index (χ0n) is 12.9. The van der Waals surface area contributed by atoms with Crippen molar-refractivity contribution in [3.8, 4) is 0 Å². The topological polar surface area (TPSA) is 52.7 Å². The SMILES string of the molecule is CN(C)CCNC(=O)C1(C(=O)N(C)c2ccccc2)CC1. The molecule has 2 amide bonds. The van der Waals surface area contributed by atoms with E-state index in [2.05, 4.69) is 5.32 Å². The minimum atomic E-state index is -0.850. The van der Waals surface area contributed by atoms with Crippen LogP contribution in [0.2, 0.25) is 0 Å². The minimum Gasteiger partial charge on any atom is -0.354 e. The zero-order valence-corrected chi connectivity index (χ0v) is 12.9. The molecule has 1 aliphatic rings. The number of rotatable bonds is 6. The molecule has 1 aromatic rings. The monoisotopic (exact) mass is 289 g/mol. The van der Waals surface area contributed by atoms with Crippen molar-refractivity contribution in [1.82, 2.24) is 10.2 Å². The van der Waals surface area contributed by atoms with Crippen LogP contribution in [0.1, 0.15) is 12.8 Å². The zero-order chi connectivity index (χ0) is 15.5. The number of para-hydroxylation sites is 1. The van der Waals surface area contributed by atoms with Gasteiger partial charge in [-0.3, -0.25) is 9.59 Å². The predicted molar refractivity (Wildman–Crippen MR) is 83.1 cm³/mol. The maximum atomic E-state index is 12.6. The van der Waals surface area contributed by atoms with Crippen molar-refractivity contribution in [1.29, 1.82) is 0 Å². The molecule has 1 N–H and O–H groups in total. The van der Waals surface area contributed by atoms with Crippen LogP contribution in [0.5, 0.6) is 0 Å². The quantitative estimate of drug-likeness (QED) is 0.798. The summed E-state index contributed by atoms with van der Waals surface area (Å²) in [5.74, 6) is -0.256. The van der Waals surface area contributed by atoms with Crippen LogP contribution < -0.4 is 10.2 Å².